The normalized spacial score (nSPS) is 10.6. The maximum absolute atomic E-state index is 12.9. The lowest BCUT2D eigenvalue weighted by Gasteiger charge is -2.05. The Bertz CT molecular complexity index is 426. The van der Waals surface area contributed by atoms with Crippen molar-refractivity contribution in [3.63, 3.8) is 0 Å². The predicted octanol–water partition coefficient (Wildman–Crippen LogP) is 1.81. The van der Waals surface area contributed by atoms with E-state index in [1.807, 2.05) is 16.8 Å². The highest BCUT2D eigenvalue weighted by Crippen LogP contribution is 2.02. The summed E-state index contributed by atoms with van der Waals surface area (Å²) in [7, 11) is 0. The largest absolute Gasteiger partial charge is 0.336 e. The summed E-state index contributed by atoms with van der Waals surface area (Å²) in [6, 6.07) is 6.63. The van der Waals surface area contributed by atoms with Gasteiger partial charge in [0.2, 0.25) is 0 Å². The SMILES string of the molecule is Fc1cccc(CNCCn2ccnc2)c1. The molecule has 0 bridgehead atoms. The highest BCUT2D eigenvalue weighted by Gasteiger charge is 1.95. The van der Waals surface area contributed by atoms with Crippen molar-refractivity contribution in [1.82, 2.24) is 14.9 Å². The van der Waals surface area contributed by atoms with E-state index in [0.29, 0.717) is 6.54 Å². The molecule has 0 atom stereocenters. The minimum Gasteiger partial charge on any atom is -0.336 e. The second-order valence-electron chi connectivity index (χ2n) is 3.61. The molecule has 1 aromatic heterocycles. The quantitative estimate of drug-likeness (QED) is 0.777. The first kappa shape index (κ1) is 10.8. The Balaban J connectivity index is 1.72. The first-order chi connectivity index (χ1) is 7.84. The molecule has 0 saturated heterocycles. The summed E-state index contributed by atoms with van der Waals surface area (Å²) in [5, 5.41) is 3.25. The maximum Gasteiger partial charge on any atom is 0.123 e. The van der Waals surface area contributed by atoms with Crippen LogP contribution in [0.15, 0.2) is 43.0 Å². The molecule has 16 heavy (non-hydrogen) atoms. The highest BCUT2D eigenvalue weighted by molar-refractivity contribution is 5.15. The molecular formula is C12H14FN3. The second kappa shape index (κ2) is 5.42. The van der Waals surface area contributed by atoms with Crippen LogP contribution in [0.4, 0.5) is 4.39 Å². The van der Waals surface area contributed by atoms with Gasteiger partial charge in [0, 0.05) is 32.0 Å². The molecule has 0 aliphatic rings. The van der Waals surface area contributed by atoms with E-state index in [4.69, 9.17) is 0 Å². The van der Waals surface area contributed by atoms with Gasteiger partial charge < -0.3 is 9.88 Å². The van der Waals surface area contributed by atoms with E-state index in [9.17, 15) is 4.39 Å². The predicted molar refractivity (Wildman–Crippen MR) is 60.3 cm³/mol. The van der Waals surface area contributed by atoms with Crippen molar-refractivity contribution >= 4 is 0 Å². The van der Waals surface area contributed by atoms with Gasteiger partial charge in [-0.15, -0.1) is 0 Å². The molecule has 1 N–H and O–H groups in total. The smallest absolute Gasteiger partial charge is 0.123 e. The third-order valence-electron chi connectivity index (χ3n) is 2.32. The van der Waals surface area contributed by atoms with Crippen LogP contribution in [0.2, 0.25) is 0 Å². The Labute approximate surface area is 93.9 Å². The molecule has 4 heteroatoms. The van der Waals surface area contributed by atoms with Crippen LogP contribution in [0.5, 0.6) is 0 Å². The fraction of sp³-hybridized carbons (Fsp3) is 0.250. The molecule has 2 rings (SSSR count). The van der Waals surface area contributed by atoms with Crippen molar-refractivity contribution in [2.75, 3.05) is 6.54 Å². The van der Waals surface area contributed by atoms with Gasteiger partial charge >= 0.3 is 0 Å². The van der Waals surface area contributed by atoms with Crippen LogP contribution in [0.3, 0.4) is 0 Å². The zero-order valence-electron chi connectivity index (χ0n) is 8.94. The molecule has 0 unspecified atom stereocenters. The topological polar surface area (TPSA) is 29.9 Å². The van der Waals surface area contributed by atoms with E-state index < -0.39 is 0 Å². The molecule has 0 saturated carbocycles. The van der Waals surface area contributed by atoms with E-state index in [1.54, 1.807) is 24.7 Å². The summed E-state index contributed by atoms with van der Waals surface area (Å²) < 4.78 is 14.9. The Morgan fingerprint density at radius 1 is 1.38 bits per heavy atom. The fourth-order valence-electron chi connectivity index (χ4n) is 1.51. The zero-order chi connectivity index (χ0) is 11.2. The Morgan fingerprint density at radius 3 is 3.06 bits per heavy atom. The second-order valence-corrected chi connectivity index (χ2v) is 3.61. The number of nitrogens with zero attached hydrogens (tertiary/aromatic N) is 2. The molecule has 0 aliphatic carbocycles. The lowest BCUT2D eigenvalue weighted by molar-refractivity contribution is 0.591. The van der Waals surface area contributed by atoms with Crippen molar-refractivity contribution in [3.8, 4) is 0 Å². The van der Waals surface area contributed by atoms with Gasteiger partial charge in [-0.1, -0.05) is 12.1 Å². The van der Waals surface area contributed by atoms with Crippen LogP contribution in [0.1, 0.15) is 5.56 Å². The monoisotopic (exact) mass is 219 g/mol. The van der Waals surface area contributed by atoms with Crippen LogP contribution >= 0.6 is 0 Å². The summed E-state index contributed by atoms with van der Waals surface area (Å²) in [6.07, 6.45) is 5.46. The number of aromatic nitrogens is 2. The Morgan fingerprint density at radius 2 is 2.31 bits per heavy atom. The molecule has 1 heterocycles. The third kappa shape index (κ3) is 3.17. The van der Waals surface area contributed by atoms with Crippen LogP contribution in [-0.4, -0.2) is 16.1 Å². The van der Waals surface area contributed by atoms with Crippen LogP contribution < -0.4 is 5.32 Å². The molecule has 0 aliphatic heterocycles. The number of nitrogens with one attached hydrogen (secondary N) is 1. The van der Waals surface area contributed by atoms with E-state index in [0.717, 1.165) is 18.7 Å². The van der Waals surface area contributed by atoms with Crippen LogP contribution in [-0.2, 0) is 13.1 Å². The standard InChI is InChI=1S/C12H14FN3/c13-12-3-1-2-11(8-12)9-14-4-6-16-7-5-15-10-16/h1-3,5,7-8,10,14H,4,6,9H2. The van der Waals surface area contributed by atoms with E-state index in [1.165, 1.54) is 6.07 Å². The summed E-state index contributed by atoms with van der Waals surface area (Å²) >= 11 is 0. The average molecular weight is 219 g/mol. The zero-order valence-corrected chi connectivity index (χ0v) is 8.94. The first-order valence-electron chi connectivity index (χ1n) is 5.25. The van der Waals surface area contributed by atoms with Gasteiger partial charge in [0.25, 0.3) is 0 Å². The molecule has 2 aromatic rings. The average Bonchev–Trinajstić information content (AvgIpc) is 2.77. The molecule has 0 spiro atoms. The molecular weight excluding hydrogens is 205 g/mol. The van der Waals surface area contributed by atoms with Gasteiger partial charge in [-0.25, -0.2) is 9.37 Å². The van der Waals surface area contributed by atoms with E-state index in [-0.39, 0.29) is 5.82 Å². The number of halogens is 1. The number of hydrogen-bond donors (Lipinski definition) is 1. The van der Waals surface area contributed by atoms with Crippen molar-refractivity contribution in [2.24, 2.45) is 0 Å². The minimum absolute atomic E-state index is 0.186. The fourth-order valence-corrected chi connectivity index (χ4v) is 1.51. The van der Waals surface area contributed by atoms with Crippen molar-refractivity contribution in [2.45, 2.75) is 13.1 Å². The van der Waals surface area contributed by atoms with Crippen molar-refractivity contribution in [3.05, 3.63) is 54.4 Å². The van der Waals surface area contributed by atoms with Gasteiger partial charge in [0.05, 0.1) is 6.33 Å². The summed E-state index contributed by atoms with van der Waals surface area (Å²) in [6.45, 7) is 2.40. The Hall–Kier alpha value is -1.68. The molecule has 0 radical (unpaired) electrons. The van der Waals surface area contributed by atoms with E-state index in [2.05, 4.69) is 10.3 Å². The number of imidazole rings is 1. The summed E-state index contributed by atoms with van der Waals surface area (Å²) in [4.78, 5) is 3.96. The molecule has 1 aromatic carbocycles. The molecule has 84 valence electrons. The number of rotatable bonds is 5. The number of benzene rings is 1. The van der Waals surface area contributed by atoms with Gasteiger partial charge in [-0.05, 0) is 17.7 Å². The highest BCUT2D eigenvalue weighted by atomic mass is 19.1. The maximum atomic E-state index is 12.9. The van der Waals surface area contributed by atoms with Crippen molar-refractivity contribution in [1.29, 1.82) is 0 Å². The number of hydrogen-bond acceptors (Lipinski definition) is 2. The van der Waals surface area contributed by atoms with Gasteiger partial charge in [0.1, 0.15) is 5.82 Å². The lowest BCUT2D eigenvalue weighted by atomic mass is 10.2. The van der Waals surface area contributed by atoms with Crippen molar-refractivity contribution < 1.29 is 4.39 Å². The minimum atomic E-state index is -0.186. The molecule has 0 fully saturated rings. The third-order valence-corrected chi connectivity index (χ3v) is 2.32. The summed E-state index contributed by atoms with van der Waals surface area (Å²) in [5.74, 6) is -0.186. The van der Waals surface area contributed by atoms with E-state index >= 15 is 0 Å². The van der Waals surface area contributed by atoms with Crippen LogP contribution in [0, 0.1) is 5.82 Å². The van der Waals surface area contributed by atoms with Gasteiger partial charge in [-0.3, -0.25) is 0 Å². The first-order valence-corrected chi connectivity index (χ1v) is 5.25. The molecule has 3 nitrogen and oxygen atoms in total. The lowest BCUT2D eigenvalue weighted by Crippen LogP contribution is -2.18. The van der Waals surface area contributed by atoms with Gasteiger partial charge in [0.15, 0.2) is 0 Å². The van der Waals surface area contributed by atoms with Crippen LogP contribution in [0.25, 0.3) is 0 Å². The van der Waals surface area contributed by atoms with Gasteiger partial charge in [-0.2, -0.15) is 0 Å². The molecule has 0 amide bonds. The Kier molecular flexibility index (Phi) is 3.66. The summed E-state index contributed by atoms with van der Waals surface area (Å²) in [5.41, 5.74) is 0.964.